The molecule has 0 spiro atoms. The molecule has 4 nitrogen and oxygen atoms in total. The molecule has 0 bridgehead atoms. The van der Waals surface area contributed by atoms with Gasteiger partial charge in [-0.05, 0) is 12.3 Å². The molecule has 0 heterocycles. The Labute approximate surface area is 140 Å². The van der Waals surface area contributed by atoms with Crippen LogP contribution in [0, 0.1) is 11.8 Å². The van der Waals surface area contributed by atoms with Crippen LogP contribution in [-0.4, -0.2) is 22.2 Å². The smallest absolute Gasteiger partial charge is 0.307 e. The summed E-state index contributed by atoms with van der Waals surface area (Å²) < 4.78 is 0. The van der Waals surface area contributed by atoms with Gasteiger partial charge in [0.25, 0.3) is 0 Å². The molecule has 0 fully saturated rings. The third kappa shape index (κ3) is 11.4. The summed E-state index contributed by atoms with van der Waals surface area (Å²) in [6, 6.07) is 0. The molecule has 0 aliphatic carbocycles. The number of hydrogen-bond acceptors (Lipinski definition) is 2. The van der Waals surface area contributed by atoms with Crippen LogP contribution in [0.15, 0.2) is 0 Å². The van der Waals surface area contributed by atoms with Crippen molar-refractivity contribution in [3.8, 4) is 0 Å². The van der Waals surface area contributed by atoms with Gasteiger partial charge in [-0.15, -0.1) is 0 Å². The van der Waals surface area contributed by atoms with Gasteiger partial charge in [-0.1, -0.05) is 20.3 Å². The van der Waals surface area contributed by atoms with Crippen molar-refractivity contribution >= 4 is 11.9 Å². The van der Waals surface area contributed by atoms with Crippen LogP contribution < -0.4 is 0 Å². The number of rotatable bonds is 6. The first-order chi connectivity index (χ1) is 5.97. The quantitative estimate of drug-likeness (QED) is 0.749. The van der Waals surface area contributed by atoms with Gasteiger partial charge in [0.05, 0.1) is 12.3 Å². The van der Waals surface area contributed by atoms with E-state index in [0.29, 0.717) is 6.42 Å². The zero-order valence-electron chi connectivity index (χ0n) is 9.14. The second-order valence-corrected chi connectivity index (χ2v) is 3.38. The summed E-state index contributed by atoms with van der Waals surface area (Å²) in [4.78, 5) is 20.9. The van der Waals surface area contributed by atoms with E-state index in [2.05, 4.69) is 0 Å². The van der Waals surface area contributed by atoms with Crippen molar-refractivity contribution in [2.45, 2.75) is 33.1 Å². The Balaban J connectivity index is -0.000000720. The van der Waals surface area contributed by atoms with Crippen molar-refractivity contribution in [1.82, 2.24) is 0 Å². The second kappa shape index (κ2) is 11.6. The first-order valence-electron chi connectivity index (χ1n) is 4.42. The topological polar surface area (TPSA) is 74.6 Å². The molecule has 15 heavy (non-hydrogen) atoms. The van der Waals surface area contributed by atoms with Crippen LogP contribution >= 0.6 is 0 Å². The summed E-state index contributed by atoms with van der Waals surface area (Å²) >= 11 is 0. The first-order valence-corrected chi connectivity index (χ1v) is 4.42. The number of aliphatic carboxylic acids is 2. The Morgan fingerprint density at radius 1 is 1.20 bits per heavy atom. The Hall–Kier alpha value is 1.15. The molecule has 0 aliphatic heterocycles. The number of carboxylic acids is 2. The van der Waals surface area contributed by atoms with E-state index in [0.717, 1.165) is 6.42 Å². The summed E-state index contributed by atoms with van der Waals surface area (Å²) in [6.07, 6.45) is 1.04. The van der Waals surface area contributed by atoms with Crippen LogP contribution in [0.5, 0.6) is 0 Å². The molecule has 0 aromatic heterocycles. The molecular weight excluding hydrogens is 350 g/mol. The molecule has 6 heteroatoms. The minimum absolute atomic E-state index is 0. The number of hydrogen-bond donors (Lipinski definition) is 2. The monoisotopic (exact) mass is 366 g/mol. The Morgan fingerprint density at radius 2 is 1.67 bits per heavy atom. The predicted molar refractivity (Wildman–Crippen MR) is 47.5 cm³/mol. The number of carbonyl (C=O) groups is 2. The van der Waals surface area contributed by atoms with E-state index >= 15 is 0 Å². The standard InChI is InChI=1S/C9H16O4.2Y/c1-3-6(2)4-7(9(12)13)5-8(10)11;;/h6-7H,3-5H2,1-2H3,(H,10,11)(H,12,13);;. The molecule has 2 N–H and O–H groups in total. The van der Waals surface area contributed by atoms with Gasteiger partial charge < -0.3 is 10.2 Å². The maximum absolute atomic E-state index is 10.6. The van der Waals surface area contributed by atoms with Gasteiger partial charge in [0.1, 0.15) is 0 Å². The van der Waals surface area contributed by atoms with Crippen LogP contribution in [-0.2, 0) is 75.0 Å². The summed E-state index contributed by atoms with van der Waals surface area (Å²) in [5.41, 5.74) is 0. The molecule has 0 saturated carbocycles. The molecule has 0 rings (SSSR count). The van der Waals surface area contributed by atoms with Crippen molar-refractivity contribution in [3.63, 3.8) is 0 Å². The normalized spacial score (nSPS) is 12.9. The van der Waals surface area contributed by atoms with Crippen LogP contribution in [0.1, 0.15) is 33.1 Å². The average Bonchev–Trinajstić information content (AvgIpc) is 2.02. The Bertz CT molecular complexity index is 197. The summed E-state index contributed by atoms with van der Waals surface area (Å²) in [6.45, 7) is 3.89. The van der Waals surface area contributed by atoms with E-state index in [1.807, 2.05) is 13.8 Å². The molecule has 2 unspecified atom stereocenters. The van der Waals surface area contributed by atoms with Crippen LogP contribution in [0.2, 0.25) is 0 Å². The minimum atomic E-state index is -1.05. The van der Waals surface area contributed by atoms with Crippen LogP contribution in [0.3, 0.4) is 0 Å². The van der Waals surface area contributed by atoms with E-state index in [4.69, 9.17) is 10.2 Å². The van der Waals surface area contributed by atoms with Crippen LogP contribution in [0.25, 0.3) is 0 Å². The summed E-state index contributed by atoms with van der Waals surface area (Å²) in [7, 11) is 0. The van der Waals surface area contributed by atoms with Gasteiger partial charge in [0, 0.05) is 65.4 Å². The van der Waals surface area contributed by atoms with E-state index in [1.54, 1.807) is 0 Å². The minimum Gasteiger partial charge on any atom is -0.481 e. The molecule has 0 aliphatic rings. The van der Waals surface area contributed by atoms with E-state index in [1.165, 1.54) is 0 Å². The predicted octanol–water partition coefficient (Wildman–Crippen LogP) is 1.59. The van der Waals surface area contributed by atoms with Gasteiger partial charge in [0.15, 0.2) is 0 Å². The molecule has 0 saturated heterocycles. The molecule has 82 valence electrons. The first kappa shape index (κ1) is 21.4. The maximum atomic E-state index is 10.6. The van der Waals surface area contributed by atoms with Gasteiger partial charge in [-0.25, -0.2) is 0 Å². The molecule has 2 atom stereocenters. The second-order valence-electron chi connectivity index (χ2n) is 3.38. The van der Waals surface area contributed by atoms with Gasteiger partial charge >= 0.3 is 11.9 Å². The summed E-state index contributed by atoms with van der Waals surface area (Å²) in [5.74, 6) is -2.54. The summed E-state index contributed by atoms with van der Waals surface area (Å²) in [5, 5.41) is 17.2. The fraction of sp³-hybridized carbons (Fsp3) is 0.778. The SMILES string of the molecule is CCC(C)CC(CC(=O)O)C(=O)O.[Y].[Y]. The third-order valence-corrected chi connectivity index (χ3v) is 2.15. The van der Waals surface area contributed by atoms with Gasteiger partial charge in [0.2, 0.25) is 0 Å². The zero-order valence-corrected chi connectivity index (χ0v) is 14.8. The van der Waals surface area contributed by atoms with Crippen LogP contribution in [0.4, 0.5) is 0 Å². The average molecular weight is 366 g/mol. The molecular formula is C9H16O4Y2. The molecule has 0 aromatic carbocycles. The van der Waals surface area contributed by atoms with Gasteiger partial charge in [-0.2, -0.15) is 0 Å². The number of carboxylic acid groups (broad SMARTS) is 2. The van der Waals surface area contributed by atoms with Gasteiger partial charge in [-0.3, -0.25) is 9.59 Å². The van der Waals surface area contributed by atoms with Crippen molar-refractivity contribution in [2.75, 3.05) is 0 Å². The Morgan fingerprint density at radius 3 is 1.93 bits per heavy atom. The van der Waals surface area contributed by atoms with E-state index < -0.39 is 17.9 Å². The zero-order chi connectivity index (χ0) is 10.4. The molecule has 2 radical (unpaired) electrons. The largest absolute Gasteiger partial charge is 0.481 e. The van der Waals surface area contributed by atoms with Crippen molar-refractivity contribution < 1.29 is 85.2 Å². The fourth-order valence-electron chi connectivity index (χ4n) is 1.13. The van der Waals surface area contributed by atoms with Crippen molar-refractivity contribution in [1.29, 1.82) is 0 Å². The van der Waals surface area contributed by atoms with E-state index in [9.17, 15) is 9.59 Å². The van der Waals surface area contributed by atoms with Crippen molar-refractivity contribution in [3.05, 3.63) is 0 Å². The Kier molecular flexibility index (Phi) is 16.6. The molecule has 0 amide bonds. The molecule has 0 aromatic rings. The maximum Gasteiger partial charge on any atom is 0.307 e. The third-order valence-electron chi connectivity index (χ3n) is 2.15. The fourth-order valence-corrected chi connectivity index (χ4v) is 1.13. The van der Waals surface area contributed by atoms with Crippen molar-refractivity contribution in [2.24, 2.45) is 11.8 Å². The van der Waals surface area contributed by atoms with E-state index in [-0.39, 0.29) is 77.8 Å².